The lowest BCUT2D eigenvalue weighted by Gasteiger charge is -2.14. The van der Waals surface area contributed by atoms with Gasteiger partial charge in [-0.2, -0.15) is 0 Å². The highest BCUT2D eigenvalue weighted by Crippen LogP contribution is 2.28. The van der Waals surface area contributed by atoms with E-state index in [0.29, 0.717) is 28.9 Å². The van der Waals surface area contributed by atoms with Gasteiger partial charge in [-0.1, -0.05) is 36.4 Å². The van der Waals surface area contributed by atoms with Gasteiger partial charge in [0.1, 0.15) is 0 Å². The zero-order chi connectivity index (χ0) is 19.7. The third kappa shape index (κ3) is 3.07. The molecule has 1 N–H and O–H groups in total. The summed E-state index contributed by atoms with van der Waals surface area (Å²) in [6.45, 7) is 2.43. The summed E-state index contributed by atoms with van der Waals surface area (Å²) in [6, 6.07) is 21.1. The van der Waals surface area contributed by atoms with Crippen LogP contribution in [0.2, 0.25) is 0 Å². The van der Waals surface area contributed by atoms with Crippen LogP contribution in [-0.4, -0.2) is 17.7 Å². The van der Waals surface area contributed by atoms with Gasteiger partial charge in [0.05, 0.1) is 16.8 Å². The Morgan fingerprint density at radius 2 is 1.39 bits per heavy atom. The fraction of sp³-hybridized carbons (Fsp3) is 0.0870. The minimum atomic E-state index is -0.350. The summed E-state index contributed by atoms with van der Waals surface area (Å²) in [5.41, 5.74) is 3.87. The van der Waals surface area contributed by atoms with Crippen molar-refractivity contribution < 1.29 is 14.4 Å². The molecule has 1 aliphatic rings. The topological polar surface area (TPSA) is 66.5 Å². The maximum atomic E-state index is 12.5. The second-order valence-corrected chi connectivity index (χ2v) is 6.65. The van der Waals surface area contributed by atoms with E-state index in [-0.39, 0.29) is 17.7 Å². The van der Waals surface area contributed by atoms with Gasteiger partial charge in [0.15, 0.2) is 0 Å². The number of benzene rings is 3. The maximum absolute atomic E-state index is 12.5. The summed E-state index contributed by atoms with van der Waals surface area (Å²) < 4.78 is 0. The Hall–Kier alpha value is -3.73. The quantitative estimate of drug-likeness (QED) is 0.712. The fourth-order valence-corrected chi connectivity index (χ4v) is 3.27. The van der Waals surface area contributed by atoms with Gasteiger partial charge in [0.25, 0.3) is 17.7 Å². The molecular formula is C23H18N2O3. The number of nitrogens with zero attached hydrogens (tertiary/aromatic N) is 1. The van der Waals surface area contributed by atoms with Crippen molar-refractivity contribution in [2.45, 2.75) is 13.5 Å². The van der Waals surface area contributed by atoms with Crippen LogP contribution in [0.3, 0.4) is 0 Å². The molecule has 0 saturated heterocycles. The fourth-order valence-electron chi connectivity index (χ4n) is 3.27. The van der Waals surface area contributed by atoms with E-state index in [2.05, 4.69) is 5.32 Å². The van der Waals surface area contributed by atoms with E-state index >= 15 is 0 Å². The molecule has 3 aromatic carbocycles. The number of imide groups is 1. The Bertz CT molecular complexity index is 1050. The molecule has 0 fully saturated rings. The van der Waals surface area contributed by atoms with Gasteiger partial charge in [-0.3, -0.25) is 14.4 Å². The standard InChI is InChI=1S/C23H18N2O3/c1-15-6-2-3-7-17(15)14-24-21(26)16-10-12-18(13-11-16)25-22(27)19-8-4-5-9-20(19)23(25)28/h2-13H,14H2,1H3,(H,24,26). The molecule has 0 saturated carbocycles. The molecule has 0 bridgehead atoms. The van der Waals surface area contributed by atoms with E-state index < -0.39 is 0 Å². The van der Waals surface area contributed by atoms with Crippen LogP contribution >= 0.6 is 0 Å². The molecule has 0 unspecified atom stereocenters. The van der Waals surface area contributed by atoms with Crippen LogP contribution in [-0.2, 0) is 6.54 Å². The largest absolute Gasteiger partial charge is 0.348 e. The van der Waals surface area contributed by atoms with Crippen molar-refractivity contribution in [3.8, 4) is 0 Å². The number of carbonyl (C=O) groups excluding carboxylic acids is 3. The normalized spacial score (nSPS) is 12.8. The first-order valence-electron chi connectivity index (χ1n) is 8.97. The van der Waals surface area contributed by atoms with Crippen molar-refractivity contribution in [2.24, 2.45) is 0 Å². The van der Waals surface area contributed by atoms with E-state index in [1.165, 1.54) is 0 Å². The van der Waals surface area contributed by atoms with Crippen molar-refractivity contribution in [1.82, 2.24) is 5.32 Å². The van der Waals surface area contributed by atoms with Crippen molar-refractivity contribution >= 4 is 23.4 Å². The Kier molecular flexibility index (Phi) is 4.49. The third-order valence-electron chi connectivity index (χ3n) is 4.88. The lowest BCUT2D eigenvalue weighted by atomic mass is 10.1. The van der Waals surface area contributed by atoms with Crippen LogP contribution in [0.15, 0.2) is 72.8 Å². The highest BCUT2D eigenvalue weighted by molar-refractivity contribution is 6.34. The first kappa shape index (κ1) is 17.7. The number of nitrogens with one attached hydrogen (secondary N) is 1. The number of aryl methyl sites for hydroxylation is 1. The zero-order valence-corrected chi connectivity index (χ0v) is 15.3. The number of fused-ring (bicyclic) bond motifs is 1. The van der Waals surface area contributed by atoms with Crippen LogP contribution in [0.1, 0.15) is 42.2 Å². The predicted molar refractivity (Wildman–Crippen MR) is 106 cm³/mol. The molecule has 0 spiro atoms. The average molecular weight is 370 g/mol. The second-order valence-electron chi connectivity index (χ2n) is 6.65. The van der Waals surface area contributed by atoms with Crippen LogP contribution < -0.4 is 10.2 Å². The summed E-state index contributed by atoms with van der Waals surface area (Å²) in [7, 11) is 0. The van der Waals surface area contributed by atoms with Crippen molar-refractivity contribution in [3.63, 3.8) is 0 Å². The van der Waals surface area contributed by atoms with Gasteiger partial charge in [0.2, 0.25) is 0 Å². The Balaban J connectivity index is 1.49. The van der Waals surface area contributed by atoms with Crippen molar-refractivity contribution in [2.75, 3.05) is 4.90 Å². The van der Waals surface area contributed by atoms with Gasteiger partial charge in [-0.25, -0.2) is 4.90 Å². The van der Waals surface area contributed by atoms with E-state index in [1.54, 1.807) is 48.5 Å². The summed E-state index contributed by atoms with van der Waals surface area (Å²) in [5, 5.41) is 2.89. The number of carbonyl (C=O) groups is 3. The van der Waals surface area contributed by atoms with Gasteiger partial charge >= 0.3 is 0 Å². The number of rotatable bonds is 4. The Labute approximate surface area is 162 Å². The maximum Gasteiger partial charge on any atom is 0.266 e. The SMILES string of the molecule is Cc1ccccc1CNC(=O)c1ccc(N2C(=O)c3ccccc3C2=O)cc1. The highest BCUT2D eigenvalue weighted by atomic mass is 16.2. The first-order valence-corrected chi connectivity index (χ1v) is 8.97. The average Bonchev–Trinajstić information content (AvgIpc) is 2.98. The van der Waals surface area contributed by atoms with E-state index in [4.69, 9.17) is 0 Å². The van der Waals surface area contributed by atoms with Gasteiger partial charge in [-0.15, -0.1) is 0 Å². The third-order valence-corrected chi connectivity index (χ3v) is 4.88. The van der Waals surface area contributed by atoms with Gasteiger partial charge < -0.3 is 5.32 Å². The summed E-state index contributed by atoms with van der Waals surface area (Å²) in [6.07, 6.45) is 0. The molecule has 0 aliphatic carbocycles. The first-order chi connectivity index (χ1) is 13.6. The predicted octanol–water partition coefficient (Wildman–Crippen LogP) is 3.73. The molecule has 1 heterocycles. The molecule has 3 aromatic rings. The van der Waals surface area contributed by atoms with Crippen molar-refractivity contribution in [3.05, 3.63) is 101 Å². The lowest BCUT2D eigenvalue weighted by Crippen LogP contribution is -2.29. The smallest absolute Gasteiger partial charge is 0.266 e. The number of hydrogen-bond acceptors (Lipinski definition) is 3. The van der Waals surface area contributed by atoms with Crippen LogP contribution in [0.5, 0.6) is 0 Å². The van der Waals surface area contributed by atoms with Crippen LogP contribution in [0, 0.1) is 6.92 Å². The van der Waals surface area contributed by atoms with Gasteiger partial charge in [0, 0.05) is 12.1 Å². The molecule has 0 aromatic heterocycles. The number of hydrogen-bond donors (Lipinski definition) is 1. The molecule has 28 heavy (non-hydrogen) atoms. The Morgan fingerprint density at radius 3 is 2.00 bits per heavy atom. The molecule has 4 rings (SSSR count). The molecule has 3 amide bonds. The molecule has 1 aliphatic heterocycles. The van der Waals surface area contributed by atoms with Crippen LogP contribution in [0.4, 0.5) is 5.69 Å². The van der Waals surface area contributed by atoms with E-state index in [9.17, 15) is 14.4 Å². The minimum absolute atomic E-state index is 0.211. The number of amides is 3. The molecular weight excluding hydrogens is 352 g/mol. The van der Waals surface area contributed by atoms with E-state index in [0.717, 1.165) is 16.0 Å². The highest BCUT2D eigenvalue weighted by Gasteiger charge is 2.36. The summed E-state index contributed by atoms with van der Waals surface area (Å²) in [5.74, 6) is -0.910. The van der Waals surface area contributed by atoms with Gasteiger partial charge in [-0.05, 0) is 54.4 Å². The number of anilines is 1. The Morgan fingerprint density at radius 1 is 0.821 bits per heavy atom. The zero-order valence-electron chi connectivity index (χ0n) is 15.3. The lowest BCUT2D eigenvalue weighted by molar-refractivity contribution is 0.0923. The summed E-state index contributed by atoms with van der Waals surface area (Å²) in [4.78, 5) is 38.6. The monoisotopic (exact) mass is 370 g/mol. The molecule has 5 nitrogen and oxygen atoms in total. The van der Waals surface area contributed by atoms with Crippen molar-refractivity contribution in [1.29, 1.82) is 0 Å². The van der Waals surface area contributed by atoms with E-state index in [1.807, 2.05) is 31.2 Å². The summed E-state index contributed by atoms with van der Waals surface area (Å²) >= 11 is 0. The minimum Gasteiger partial charge on any atom is -0.348 e. The molecule has 0 atom stereocenters. The molecule has 138 valence electrons. The second kappa shape index (κ2) is 7.12. The van der Waals surface area contributed by atoms with Crippen LogP contribution in [0.25, 0.3) is 0 Å². The molecule has 5 heteroatoms. The molecule has 0 radical (unpaired) electrons.